The summed E-state index contributed by atoms with van der Waals surface area (Å²) in [5.41, 5.74) is -0.0615. The van der Waals surface area contributed by atoms with Gasteiger partial charge in [0.15, 0.2) is 6.61 Å². The fourth-order valence-corrected chi connectivity index (χ4v) is 2.74. The number of anilines is 1. The number of benzene rings is 1. The van der Waals surface area contributed by atoms with E-state index >= 15 is 0 Å². The first kappa shape index (κ1) is 16.7. The van der Waals surface area contributed by atoms with Crippen LogP contribution in [0.2, 0.25) is 0 Å². The molecule has 0 spiro atoms. The Labute approximate surface area is 144 Å². The molecule has 0 saturated carbocycles. The third-order valence-corrected chi connectivity index (χ3v) is 4.10. The molecule has 1 aliphatic rings. The number of hydrogen-bond acceptors (Lipinski definition) is 6. The minimum atomic E-state index is -0.495. The van der Waals surface area contributed by atoms with Crippen molar-refractivity contribution in [3.63, 3.8) is 0 Å². The Morgan fingerprint density at radius 2 is 2.08 bits per heavy atom. The SMILES string of the molecule is Cn1ccnc1N1CCN(C(=O)COc2cccc([N+](=O)[O-])c2)CC1. The molecule has 2 aromatic rings. The molecular weight excluding hydrogens is 326 g/mol. The summed E-state index contributed by atoms with van der Waals surface area (Å²) in [7, 11) is 1.94. The highest BCUT2D eigenvalue weighted by molar-refractivity contribution is 5.78. The minimum absolute atomic E-state index is 0.0615. The zero-order valence-corrected chi connectivity index (χ0v) is 13.9. The molecule has 0 bridgehead atoms. The van der Waals surface area contributed by atoms with E-state index in [1.807, 2.05) is 17.8 Å². The number of non-ortho nitro benzene ring substituents is 1. The van der Waals surface area contributed by atoms with E-state index in [0.29, 0.717) is 31.9 Å². The van der Waals surface area contributed by atoms with Crippen LogP contribution in [0.4, 0.5) is 11.6 Å². The maximum atomic E-state index is 12.3. The third kappa shape index (κ3) is 3.87. The third-order valence-electron chi connectivity index (χ3n) is 4.10. The van der Waals surface area contributed by atoms with Crippen LogP contribution in [0.15, 0.2) is 36.7 Å². The van der Waals surface area contributed by atoms with Crippen LogP contribution in [-0.4, -0.2) is 58.1 Å². The number of nitro benzene ring substituents is 1. The van der Waals surface area contributed by atoms with Gasteiger partial charge in [0.25, 0.3) is 11.6 Å². The normalized spacial score (nSPS) is 14.4. The van der Waals surface area contributed by atoms with E-state index in [4.69, 9.17) is 4.74 Å². The summed E-state index contributed by atoms with van der Waals surface area (Å²) in [6.07, 6.45) is 3.64. The van der Waals surface area contributed by atoms with Gasteiger partial charge in [-0.05, 0) is 6.07 Å². The van der Waals surface area contributed by atoms with E-state index < -0.39 is 4.92 Å². The van der Waals surface area contributed by atoms with Crippen molar-refractivity contribution >= 4 is 17.5 Å². The molecule has 9 heteroatoms. The van der Waals surface area contributed by atoms with Gasteiger partial charge in [0, 0.05) is 51.7 Å². The summed E-state index contributed by atoms with van der Waals surface area (Å²) >= 11 is 0. The number of amides is 1. The Bertz CT molecular complexity index is 767. The zero-order valence-electron chi connectivity index (χ0n) is 13.9. The number of nitrogens with zero attached hydrogens (tertiary/aromatic N) is 5. The molecule has 132 valence electrons. The molecule has 0 aliphatic carbocycles. The zero-order chi connectivity index (χ0) is 17.8. The largest absolute Gasteiger partial charge is 0.484 e. The lowest BCUT2D eigenvalue weighted by molar-refractivity contribution is -0.384. The molecule has 25 heavy (non-hydrogen) atoms. The Kier molecular flexibility index (Phi) is 4.82. The Morgan fingerprint density at radius 3 is 2.72 bits per heavy atom. The van der Waals surface area contributed by atoms with E-state index in [2.05, 4.69) is 9.88 Å². The summed E-state index contributed by atoms with van der Waals surface area (Å²) < 4.78 is 7.35. The van der Waals surface area contributed by atoms with Crippen LogP contribution in [0, 0.1) is 10.1 Å². The molecule has 1 aliphatic heterocycles. The number of piperazine rings is 1. The molecule has 0 radical (unpaired) electrons. The maximum absolute atomic E-state index is 12.3. The molecule has 1 aromatic heterocycles. The van der Waals surface area contributed by atoms with Crippen molar-refractivity contribution in [2.24, 2.45) is 7.05 Å². The smallest absolute Gasteiger partial charge is 0.273 e. The van der Waals surface area contributed by atoms with Crippen LogP contribution in [0.3, 0.4) is 0 Å². The summed E-state index contributed by atoms with van der Waals surface area (Å²) in [4.78, 5) is 30.7. The summed E-state index contributed by atoms with van der Waals surface area (Å²) in [5.74, 6) is 1.07. The second kappa shape index (κ2) is 7.20. The maximum Gasteiger partial charge on any atom is 0.273 e. The van der Waals surface area contributed by atoms with Gasteiger partial charge < -0.3 is 19.1 Å². The van der Waals surface area contributed by atoms with Crippen molar-refractivity contribution in [3.05, 3.63) is 46.8 Å². The number of imidazole rings is 1. The number of carbonyl (C=O) groups excluding carboxylic acids is 1. The number of ether oxygens (including phenoxy) is 1. The molecule has 9 nitrogen and oxygen atoms in total. The van der Waals surface area contributed by atoms with Crippen LogP contribution in [0.25, 0.3) is 0 Å². The van der Waals surface area contributed by atoms with E-state index in [-0.39, 0.29) is 18.2 Å². The molecule has 1 aromatic carbocycles. The monoisotopic (exact) mass is 345 g/mol. The van der Waals surface area contributed by atoms with Gasteiger partial charge in [-0.3, -0.25) is 14.9 Å². The standard InChI is InChI=1S/C16H19N5O4/c1-18-6-5-17-16(18)20-9-7-19(8-10-20)15(22)12-25-14-4-2-3-13(11-14)21(23)24/h2-6,11H,7-10,12H2,1H3. The quantitative estimate of drug-likeness (QED) is 0.594. The van der Waals surface area contributed by atoms with E-state index in [9.17, 15) is 14.9 Å². The number of rotatable bonds is 5. The average molecular weight is 345 g/mol. The highest BCUT2D eigenvalue weighted by Gasteiger charge is 2.23. The predicted octanol–water partition coefficient (Wildman–Crippen LogP) is 1.06. The lowest BCUT2D eigenvalue weighted by Crippen LogP contribution is -2.50. The van der Waals surface area contributed by atoms with Crippen molar-refractivity contribution in [3.8, 4) is 5.75 Å². The second-order valence-corrected chi connectivity index (χ2v) is 5.75. The number of hydrogen-bond donors (Lipinski definition) is 0. The van der Waals surface area contributed by atoms with Gasteiger partial charge in [-0.25, -0.2) is 4.98 Å². The summed E-state index contributed by atoms with van der Waals surface area (Å²) in [5, 5.41) is 10.8. The Balaban J connectivity index is 1.51. The number of carbonyl (C=O) groups is 1. The fraction of sp³-hybridized carbons (Fsp3) is 0.375. The summed E-state index contributed by atoms with van der Waals surface area (Å²) in [6, 6.07) is 5.82. The first-order valence-electron chi connectivity index (χ1n) is 7.92. The number of nitro groups is 1. The minimum Gasteiger partial charge on any atom is -0.484 e. The number of aryl methyl sites for hydroxylation is 1. The van der Waals surface area contributed by atoms with Crippen molar-refractivity contribution in [2.45, 2.75) is 0 Å². The van der Waals surface area contributed by atoms with Gasteiger partial charge in [-0.1, -0.05) is 6.07 Å². The molecule has 1 saturated heterocycles. The highest BCUT2D eigenvalue weighted by atomic mass is 16.6. The van der Waals surface area contributed by atoms with Crippen molar-refractivity contribution < 1.29 is 14.5 Å². The van der Waals surface area contributed by atoms with E-state index in [1.54, 1.807) is 17.2 Å². The highest BCUT2D eigenvalue weighted by Crippen LogP contribution is 2.19. The first-order valence-corrected chi connectivity index (χ1v) is 7.92. The van der Waals surface area contributed by atoms with Gasteiger partial charge >= 0.3 is 0 Å². The fourth-order valence-electron chi connectivity index (χ4n) is 2.74. The lowest BCUT2D eigenvalue weighted by Gasteiger charge is -2.35. The summed E-state index contributed by atoms with van der Waals surface area (Å²) in [6.45, 7) is 2.44. The van der Waals surface area contributed by atoms with Gasteiger partial charge in [0.1, 0.15) is 5.75 Å². The van der Waals surface area contributed by atoms with Gasteiger partial charge in [-0.15, -0.1) is 0 Å². The van der Waals surface area contributed by atoms with Crippen LogP contribution >= 0.6 is 0 Å². The average Bonchev–Trinajstić information content (AvgIpc) is 3.06. The van der Waals surface area contributed by atoms with Gasteiger partial charge in [0.05, 0.1) is 11.0 Å². The van der Waals surface area contributed by atoms with E-state index in [1.165, 1.54) is 18.2 Å². The van der Waals surface area contributed by atoms with Crippen molar-refractivity contribution in [1.29, 1.82) is 0 Å². The van der Waals surface area contributed by atoms with Gasteiger partial charge in [0.2, 0.25) is 5.95 Å². The van der Waals surface area contributed by atoms with Gasteiger partial charge in [-0.2, -0.15) is 0 Å². The van der Waals surface area contributed by atoms with Crippen LogP contribution < -0.4 is 9.64 Å². The van der Waals surface area contributed by atoms with Crippen LogP contribution in [-0.2, 0) is 11.8 Å². The molecule has 0 N–H and O–H groups in total. The molecule has 3 rings (SSSR count). The predicted molar refractivity (Wildman–Crippen MR) is 90.6 cm³/mol. The molecular formula is C16H19N5O4. The van der Waals surface area contributed by atoms with Crippen molar-refractivity contribution in [1.82, 2.24) is 14.5 Å². The molecule has 2 heterocycles. The first-order chi connectivity index (χ1) is 12.0. The molecule has 1 fully saturated rings. The lowest BCUT2D eigenvalue weighted by atomic mass is 10.3. The molecule has 0 atom stereocenters. The Morgan fingerprint density at radius 1 is 1.32 bits per heavy atom. The topological polar surface area (TPSA) is 93.7 Å². The molecule has 1 amide bonds. The van der Waals surface area contributed by atoms with Crippen LogP contribution in [0.1, 0.15) is 0 Å². The van der Waals surface area contributed by atoms with Crippen LogP contribution in [0.5, 0.6) is 5.75 Å². The second-order valence-electron chi connectivity index (χ2n) is 5.75. The van der Waals surface area contributed by atoms with E-state index in [0.717, 1.165) is 5.95 Å². The Hall–Kier alpha value is -3.10. The number of aromatic nitrogens is 2. The molecule has 0 unspecified atom stereocenters. The van der Waals surface area contributed by atoms with Crippen molar-refractivity contribution in [2.75, 3.05) is 37.7 Å².